The molecule has 0 bridgehead atoms. The Morgan fingerprint density at radius 3 is 2.35 bits per heavy atom. The van der Waals surface area contributed by atoms with Crippen LogP contribution in [0, 0.1) is 13.8 Å². The minimum atomic E-state index is -3.52. The van der Waals surface area contributed by atoms with Gasteiger partial charge in [0.1, 0.15) is 10.6 Å². The molecule has 0 spiro atoms. The molecule has 2 fully saturated rings. The number of hydrogen-bond donors (Lipinski definition) is 1. The van der Waals surface area contributed by atoms with Gasteiger partial charge in [-0.15, -0.1) is 0 Å². The van der Waals surface area contributed by atoms with Gasteiger partial charge < -0.3 is 9.42 Å². The average Bonchev–Trinajstić information content (AvgIpc) is 3.16. The summed E-state index contributed by atoms with van der Waals surface area (Å²) in [5, 5.41) is 3.72. The van der Waals surface area contributed by atoms with Crippen LogP contribution in [0.25, 0.3) is 0 Å². The SMILES string of the molecule is Cc1noc(C)c1S(=O)(=O)NC1CCN(C2CC2)CC1. The van der Waals surface area contributed by atoms with Crippen LogP contribution in [0.2, 0.25) is 0 Å². The number of nitrogens with one attached hydrogen (secondary N) is 1. The third-order valence-electron chi connectivity index (χ3n) is 4.15. The molecule has 1 N–H and O–H groups in total. The molecule has 1 aliphatic heterocycles. The molecule has 0 unspecified atom stereocenters. The molecule has 0 atom stereocenters. The van der Waals surface area contributed by atoms with Crippen LogP contribution >= 0.6 is 0 Å². The molecule has 0 aromatic carbocycles. The minimum Gasteiger partial charge on any atom is -0.360 e. The molecule has 0 amide bonds. The number of piperidine rings is 1. The van der Waals surface area contributed by atoms with Crippen molar-refractivity contribution in [3.8, 4) is 0 Å². The number of sulfonamides is 1. The van der Waals surface area contributed by atoms with Crippen molar-refractivity contribution in [2.75, 3.05) is 13.1 Å². The van der Waals surface area contributed by atoms with Crippen molar-refractivity contribution in [2.24, 2.45) is 0 Å². The third kappa shape index (κ3) is 2.75. The smallest absolute Gasteiger partial charge is 0.246 e. The largest absolute Gasteiger partial charge is 0.360 e. The Labute approximate surface area is 119 Å². The van der Waals surface area contributed by atoms with Crippen LogP contribution in [0.15, 0.2) is 9.42 Å². The minimum absolute atomic E-state index is 0.0173. The normalized spacial score (nSPS) is 22.3. The van der Waals surface area contributed by atoms with Gasteiger partial charge in [0, 0.05) is 12.1 Å². The van der Waals surface area contributed by atoms with E-state index in [1.165, 1.54) is 12.8 Å². The van der Waals surface area contributed by atoms with Crippen molar-refractivity contribution in [1.29, 1.82) is 0 Å². The molecule has 1 aliphatic carbocycles. The molecule has 0 radical (unpaired) electrons. The summed E-state index contributed by atoms with van der Waals surface area (Å²) in [5.74, 6) is 0.352. The average molecular weight is 299 g/mol. The van der Waals surface area contributed by atoms with Crippen LogP contribution in [0.5, 0.6) is 0 Å². The number of aromatic nitrogens is 1. The summed E-state index contributed by atoms with van der Waals surface area (Å²) in [6, 6.07) is 0.777. The molecule has 2 aliphatic rings. The second-order valence-electron chi connectivity index (χ2n) is 5.82. The van der Waals surface area contributed by atoms with Crippen molar-refractivity contribution >= 4 is 10.0 Å². The lowest BCUT2D eigenvalue weighted by atomic mass is 10.1. The topological polar surface area (TPSA) is 75.4 Å². The summed E-state index contributed by atoms with van der Waals surface area (Å²) in [5.41, 5.74) is 0.422. The van der Waals surface area contributed by atoms with Gasteiger partial charge in [-0.1, -0.05) is 5.16 Å². The van der Waals surface area contributed by atoms with Crippen molar-refractivity contribution in [2.45, 2.75) is 56.5 Å². The highest BCUT2D eigenvalue weighted by atomic mass is 32.2. The number of likely N-dealkylation sites (tertiary alicyclic amines) is 1. The Hall–Kier alpha value is -0.920. The van der Waals surface area contributed by atoms with Gasteiger partial charge in [0.15, 0.2) is 5.76 Å². The molecule has 6 nitrogen and oxygen atoms in total. The maximum absolute atomic E-state index is 12.4. The van der Waals surface area contributed by atoms with Crippen LogP contribution in [0.3, 0.4) is 0 Å². The summed E-state index contributed by atoms with van der Waals surface area (Å²) in [4.78, 5) is 2.67. The van der Waals surface area contributed by atoms with Crippen LogP contribution < -0.4 is 4.72 Å². The van der Waals surface area contributed by atoms with Gasteiger partial charge >= 0.3 is 0 Å². The molecular formula is C13H21N3O3S. The number of aryl methyl sites for hydroxylation is 2. The first-order chi connectivity index (χ1) is 9.47. The first-order valence-electron chi connectivity index (χ1n) is 7.16. The van der Waals surface area contributed by atoms with E-state index in [0.717, 1.165) is 32.0 Å². The van der Waals surface area contributed by atoms with Crippen molar-refractivity contribution < 1.29 is 12.9 Å². The predicted octanol–water partition coefficient (Wildman–Crippen LogP) is 1.20. The van der Waals surface area contributed by atoms with E-state index < -0.39 is 10.0 Å². The Bertz CT molecular complexity index is 565. The van der Waals surface area contributed by atoms with Gasteiger partial charge in [0.05, 0.1) is 0 Å². The molecule has 1 saturated carbocycles. The summed E-state index contributed by atoms with van der Waals surface area (Å²) < 4.78 is 32.6. The fourth-order valence-electron chi connectivity index (χ4n) is 2.96. The van der Waals surface area contributed by atoms with Crippen molar-refractivity contribution in [3.05, 3.63) is 11.5 Å². The molecule has 20 heavy (non-hydrogen) atoms. The van der Waals surface area contributed by atoms with E-state index in [1.54, 1.807) is 13.8 Å². The Morgan fingerprint density at radius 2 is 1.85 bits per heavy atom. The lowest BCUT2D eigenvalue weighted by Crippen LogP contribution is -2.45. The Morgan fingerprint density at radius 1 is 1.20 bits per heavy atom. The fourth-order valence-corrected chi connectivity index (χ4v) is 4.59. The number of rotatable bonds is 4. The molecule has 1 aromatic heterocycles. The molecule has 112 valence electrons. The highest BCUT2D eigenvalue weighted by Gasteiger charge is 2.34. The van der Waals surface area contributed by atoms with E-state index in [9.17, 15) is 8.42 Å². The van der Waals surface area contributed by atoms with E-state index in [2.05, 4.69) is 14.8 Å². The van der Waals surface area contributed by atoms with Crippen molar-refractivity contribution in [1.82, 2.24) is 14.8 Å². The number of hydrogen-bond acceptors (Lipinski definition) is 5. The fraction of sp³-hybridized carbons (Fsp3) is 0.769. The van der Waals surface area contributed by atoms with E-state index in [0.29, 0.717) is 11.5 Å². The van der Waals surface area contributed by atoms with Gasteiger partial charge in [-0.3, -0.25) is 0 Å². The summed E-state index contributed by atoms with van der Waals surface area (Å²) in [6.45, 7) is 5.25. The van der Waals surface area contributed by atoms with Gasteiger partial charge in [-0.25, -0.2) is 13.1 Å². The zero-order valence-electron chi connectivity index (χ0n) is 11.9. The second-order valence-corrected chi connectivity index (χ2v) is 7.47. The van der Waals surface area contributed by atoms with E-state index >= 15 is 0 Å². The second kappa shape index (κ2) is 5.13. The van der Waals surface area contributed by atoms with Crippen LogP contribution in [0.4, 0.5) is 0 Å². The van der Waals surface area contributed by atoms with E-state index in [-0.39, 0.29) is 10.9 Å². The molecular weight excluding hydrogens is 278 g/mol. The van der Waals surface area contributed by atoms with Gasteiger partial charge in [0.2, 0.25) is 10.0 Å². The lowest BCUT2D eigenvalue weighted by molar-refractivity contribution is 0.199. The zero-order chi connectivity index (χ0) is 14.3. The van der Waals surface area contributed by atoms with E-state index in [4.69, 9.17) is 4.52 Å². The van der Waals surface area contributed by atoms with Gasteiger partial charge in [0.25, 0.3) is 0 Å². The maximum atomic E-state index is 12.4. The Kier molecular flexibility index (Phi) is 3.60. The van der Waals surface area contributed by atoms with E-state index in [1.807, 2.05) is 0 Å². The van der Waals surface area contributed by atoms with Crippen LogP contribution in [-0.2, 0) is 10.0 Å². The van der Waals surface area contributed by atoms with Crippen molar-refractivity contribution in [3.63, 3.8) is 0 Å². The summed E-state index contributed by atoms with van der Waals surface area (Å²) in [7, 11) is -3.52. The van der Waals surface area contributed by atoms with Gasteiger partial charge in [-0.05, 0) is 52.6 Å². The maximum Gasteiger partial charge on any atom is 0.246 e. The third-order valence-corrected chi connectivity index (χ3v) is 5.92. The predicted molar refractivity (Wildman–Crippen MR) is 73.9 cm³/mol. The highest BCUT2D eigenvalue weighted by Crippen LogP contribution is 2.29. The summed E-state index contributed by atoms with van der Waals surface area (Å²) in [6.07, 6.45) is 4.35. The number of nitrogens with zero attached hydrogens (tertiary/aromatic N) is 2. The molecule has 1 saturated heterocycles. The zero-order valence-corrected chi connectivity index (χ0v) is 12.7. The highest BCUT2D eigenvalue weighted by molar-refractivity contribution is 7.89. The lowest BCUT2D eigenvalue weighted by Gasteiger charge is -2.32. The first-order valence-corrected chi connectivity index (χ1v) is 8.65. The quantitative estimate of drug-likeness (QED) is 0.904. The standard InChI is InChI=1S/C13H21N3O3S/c1-9-13(10(2)19-14-9)20(17,18)15-11-5-7-16(8-6-11)12-3-4-12/h11-12,15H,3-8H2,1-2H3. The van der Waals surface area contributed by atoms with Crippen LogP contribution in [0.1, 0.15) is 37.1 Å². The monoisotopic (exact) mass is 299 g/mol. The summed E-state index contributed by atoms with van der Waals surface area (Å²) >= 11 is 0. The Balaban J connectivity index is 1.65. The first kappa shape index (κ1) is 14.0. The molecule has 7 heteroatoms. The molecule has 1 aromatic rings. The van der Waals surface area contributed by atoms with Crippen LogP contribution in [-0.4, -0.2) is 43.6 Å². The molecule has 3 rings (SSSR count). The van der Waals surface area contributed by atoms with Gasteiger partial charge in [-0.2, -0.15) is 0 Å². The molecule has 2 heterocycles.